The van der Waals surface area contributed by atoms with Gasteiger partial charge in [-0.1, -0.05) is 19.9 Å². The normalized spacial score (nSPS) is 10.9. The van der Waals surface area contributed by atoms with E-state index in [1.807, 2.05) is 12.3 Å². The Kier molecular flexibility index (Phi) is 5.12. The molecule has 0 amide bonds. The van der Waals surface area contributed by atoms with Crippen LogP contribution in [0.1, 0.15) is 32.3 Å². The predicted octanol–water partition coefficient (Wildman–Crippen LogP) is 2.29. The van der Waals surface area contributed by atoms with Gasteiger partial charge >= 0.3 is 0 Å². The van der Waals surface area contributed by atoms with Gasteiger partial charge < -0.3 is 5.73 Å². The molecule has 0 saturated heterocycles. The smallest absolute Gasteiger partial charge is 0.123 e. The Morgan fingerprint density at radius 3 is 2.33 bits per heavy atom. The largest absolute Gasteiger partial charge is 0.384 e. The van der Waals surface area contributed by atoms with Crippen LogP contribution in [0.5, 0.6) is 0 Å². The molecule has 0 fully saturated rings. The lowest BCUT2D eigenvalue weighted by Gasteiger charge is -2.20. The van der Waals surface area contributed by atoms with E-state index in [0.29, 0.717) is 5.82 Å². The van der Waals surface area contributed by atoms with Gasteiger partial charge in [0.15, 0.2) is 0 Å². The molecular weight excluding hydrogens is 186 g/mol. The maximum Gasteiger partial charge on any atom is 0.123 e. The highest BCUT2D eigenvalue weighted by Crippen LogP contribution is 2.06. The molecule has 0 saturated carbocycles. The quantitative estimate of drug-likeness (QED) is 0.778. The molecule has 1 heterocycles. The van der Waals surface area contributed by atoms with Crippen LogP contribution in [-0.4, -0.2) is 23.0 Å². The summed E-state index contributed by atoms with van der Waals surface area (Å²) in [4.78, 5) is 6.56. The van der Waals surface area contributed by atoms with Gasteiger partial charge in [-0.05, 0) is 37.6 Å². The van der Waals surface area contributed by atoms with Gasteiger partial charge in [0.2, 0.25) is 0 Å². The van der Waals surface area contributed by atoms with Crippen LogP contribution in [0.3, 0.4) is 0 Å². The summed E-state index contributed by atoms with van der Waals surface area (Å²) in [5, 5.41) is 0. The average molecular weight is 207 g/mol. The molecular formula is C12H21N3. The second-order valence-electron chi connectivity index (χ2n) is 3.87. The molecule has 3 nitrogen and oxygen atoms in total. The van der Waals surface area contributed by atoms with E-state index in [-0.39, 0.29) is 0 Å². The Morgan fingerprint density at radius 2 is 1.87 bits per heavy atom. The highest BCUT2D eigenvalue weighted by Gasteiger charge is 2.03. The Bertz CT molecular complexity index is 263. The van der Waals surface area contributed by atoms with Crippen molar-refractivity contribution >= 4 is 5.82 Å². The van der Waals surface area contributed by atoms with E-state index in [9.17, 15) is 0 Å². The lowest BCUT2D eigenvalue weighted by Crippen LogP contribution is -2.24. The maximum absolute atomic E-state index is 5.55. The van der Waals surface area contributed by atoms with E-state index in [1.54, 1.807) is 0 Å². The molecule has 0 aliphatic carbocycles. The Labute approximate surface area is 92.3 Å². The molecule has 0 unspecified atom stereocenters. The van der Waals surface area contributed by atoms with Crippen molar-refractivity contribution in [2.75, 3.05) is 18.8 Å². The van der Waals surface area contributed by atoms with Crippen LogP contribution >= 0.6 is 0 Å². The topological polar surface area (TPSA) is 42.1 Å². The van der Waals surface area contributed by atoms with Gasteiger partial charge in [-0.15, -0.1) is 0 Å². The van der Waals surface area contributed by atoms with Gasteiger partial charge in [0.05, 0.1) is 0 Å². The van der Waals surface area contributed by atoms with Crippen molar-refractivity contribution in [3.8, 4) is 0 Å². The van der Waals surface area contributed by atoms with Crippen LogP contribution in [0.4, 0.5) is 5.82 Å². The van der Waals surface area contributed by atoms with E-state index >= 15 is 0 Å². The lowest BCUT2D eigenvalue weighted by atomic mass is 10.2. The van der Waals surface area contributed by atoms with Crippen LogP contribution in [0.2, 0.25) is 0 Å². The maximum atomic E-state index is 5.55. The fraction of sp³-hybridized carbons (Fsp3) is 0.583. The summed E-state index contributed by atoms with van der Waals surface area (Å²) >= 11 is 0. The molecule has 1 aromatic rings. The van der Waals surface area contributed by atoms with E-state index in [1.165, 1.54) is 18.4 Å². The minimum absolute atomic E-state index is 0.594. The monoisotopic (exact) mass is 207 g/mol. The van der Waals surface area contributed by atoms with Gasteiger partial charge in [-0.3, -0.25) is 4.90 Å². The Balaban J connectivity index is 2.53. The number of anilines is 1. The zero-order valence-corrected chi connectivity index (χ0v) is 9.74. The van der Waals surface area contributed by atoms with Crippen molar-refractivity contribution < 1.29 is 0 Å². The summed E-state index contributed by atoms with van der Waals surface area (Å²) < 4.78 is 0. The summed E-state index contributed by atoms with van der Waals surface area (Å²) in [5.41, 5.74) is 6.79. The minimum Gasteiger partial charge on any atom is -0.384 e. The number of pyridine rings is 1. The standard InChI is InChI=1S/C12H21N3/c1-3-7-15(8-4-2)10-11-5-6-12(13)14-9-11/h5-6,9H,3-4,7-8,10H2,1-2H3,(H2,13,14). The SMILES string of the molecule is CCCN(CCC)Cc1ccc(N)nc1. The summed E-state index contributed by atoms with van der Waals surface area (Å²) in [6, 6.07) is 3.92. The van der Waals surface area contributed by atoms with Crippen molar-refractivity contribution in [3.63, 3.8) is 0 Å². The third-order valence-electron chi connectivity index (χ3n) is 2.33. The van der Waals surface area contributed by atoms with Crippen LogP contribution in [0, 0.1) is 0 Å². The van der Waals surface area contributed by atoms with Crippen LogP contribution in [0.25, 0.3) is 0 Å². The summed E-state index contributed by atoms with van der Waals surface area (Å²) in [6.45, 7) is 7.71. The second kappa shape index (κ2) is 6.40. The van der Waals surface area contributed by atoms with Crippen LogP contribution in [0.15, 0.2) is 18.3 Å². The van der Waals surface area contributed by atoms with E-state index < -0.39 is 0 Å². The molecule has 0 aliphatic heterocycles. The first-order valence-electron chi connectivity index (χ1n) is 5.69. The zero-order chi connectivity index (χ0) is 11.1. The Morgan fingerprint density at radius 1 is 1.20 bits per heavy atom. The van der Waals surface area contributed by atoms with Gasteiger partial charge in [0.1, 0.15) is 5.82 Å². The first kappa shape index (κ1) is 12.0. The number of nitrogen functional groups attached to an aromatic ring is 1. The average Bonchev–Trinajstić information content (AvgIpc) is 2.22. The van der Waals surface area contributed by atoms with Crippen molar-refractivity contribution in [1.82, 2.24) is 9.88 Å². The van der Waals surface area contributed by atoms with Crippen molar-refractivity contribution in [2.45, 2.75) is 33.2 Å². The first-order valence-corrected chi connectivity index (χ1v) is 5.69. The Hall–Kier alpha value is -1.09. The van der Waals surface area contributed by atoms with Gasteiger partial charge in [-0.25, -0.2) is 4.98 Å². The minimum atomic E-state index is 0.594. The van der Waals surface area contributed by atoms with E-state index in [0.717, 1.165) is 19.6 Å². The fourth-order valence-electron chi connectivity index (χ4n) is 1.69. The molecule has 0 aromatic carbocycles. The van der Waals surface area contributed by atoms with Crippen molar-refractivity contribution in [2.24, 2.45) is 0 Å². The van der Waals surface area contributed by atoms with Gasteiger partial charge in [-0.2, -0.15) is 0 Å². The molecule has 84 valence electrons. The fourth-order valence-corrected chi connectivity index (χ4v) is 1.69. The molecule has 2 N–H and O–H groups in total. The number of rotatable bonds is 6. The molecule has 15 heavy (non-hydrogen) atoms. The third kappa shape index (κ3) is 4.30. The summed E-state index contributed by atoms with van der Waals surface area (Å²) in [6.07, 6.45) is 4.26. The van der Waals surface area contributed by atoms with Crippen LogP contribution in [-0.2, 0) is 6.54 Å². The molecule has 0 bridgehead atoms. The molecule has 3 heteroatoms. The van der Waals surface area contributed by atoms with Crippen molar-refractivity contribution in [1.29, 1.82) is 0 Å². The van der Waals surface area contributed by atoms with E-state index in [2.05, 4.69) is 29.8 Å². The number of nitrogens with zero attached hydrogens (tertiary/aromatic N) is 2. The van der Waals surface area contributed by atoms with Crippen LogP contribution < -0.4 is 5.73 Å². The van der Waals surface area contributed by atoms with Gasteiger partial charge in [0.25, 0.3) is 0 Å². The predicted molar refractivity (Wildman–Crippen MR) is 64.5 cm³/mol. The highest BCUT2D eigenvalue weighted by atomic mass is 15.1. The molecule has 1 aromatic heterocycles. The first-order chi connectivity index (χ1) is 7.26. The lowest BCUT2D eigenvalue weighted by molar-refractivity contribution is 0.266. The highest BCUT2D eigenvalue weighted by molar-refractivity contribution is 5.29. The number of hydrogen-bond donors (Lipinski definition) is 1. The molecule has 0 radical (unpaired) electrons. The van der Waals surface area contributed by atoms with Crippen molar-refractivity contribution in [3.05, 3.63) is 23.9 Å². The summed E-state index contributed by atoms with van der Waals surface area (Å²) in [5.74, 6) is 0.594. The number of hydrogen-bond acceptors (Lipinski definition) is 3. The number of nitrogens with two attached hydrogens (primary N) is 1. The summed E-state index contributed by atoms with van der Waals surface area (Å²) in [7, 11) is 0. The molecule has 1 rings (SSSR count). The van der Waals surface area contributed by atoms with E-state index in [4.69, 9.17) is 5.73 Å². The number of aromatic nitrogens is 1. The third-order valence-corrected chi connectivity index (χ3v) is 2.33. The molecule has 0 atom stereocenters. The molecule has 0 aliphatic rings. The van der Waals surface area contributed by atoms with Gasteiger partial charge in [0, 0.05) is 12.7 Å². The molecule has 0 spiro atoms. The zero-order valence-electron chi connectivity index (χ0n) is 9.74. The second-order valence-corrected chi connectivity index (χ2v) is 3.87.